The molecule has 1 saturated heterocycles. The van der Waals surface area contributed by atoms with Crippen molar-refractivity contribution in [1.29, 1.82) is 0 Å². The van der Waals surface area contributed by atoms with Crippen LogP contribution in [0.4, 0.5) is 4.79 Å². The number of nitrogens with one attached hydrogen (secondary N) is 1. The molecule has 1 aromatic carbocycles. The number of carbonyl (C=O) groups is 3. The summed E-state index contributed by atoms with van der Waals surface area (Å²) in [6.45, 7) is 2.52. The zero-order chi connectivity index (χ0) is 16.1. The third-order valence-electron chi connectivity index (χ3n) is 2.99. The second-order valence-electron chi connectivity index (χ2n) is 4.65. The van der Waals surface area contributed by atoms with E-state index in [0.29, 0.717) is 5.75 Å². The smallest absolute Gasteiger partial charge is 0.288 e. The van der Waals surface area contributed by atoms with Crippen molar-refractivity contribution in [2.24, 2.45) is 0 Å². The molecule has 0 spiro atoms. The average Bonchev–Trinajstić information content (AvgIpc) is 2.78. The Hall–Kier alpha value is -0.990. The van der Waals surface area contributed by atoms with Gasteiger partial charge >= 0.3 is 0 Å². The van der Waals surface area contributed by atoms with Crippen LogP contribution in [0.1, 0.15) is 5.56 Å². The van der Waals surface area contributed by atoms with Gasteiger partial charge in [-0.2, -0.15) is 0 Å². The summed E-state index contributed by atoms with van der Waals surface area (Å²) in [6, 6.07) is 5.91. The predicted octanol–water partition coefficient (Wildman–Crippen LogP) is 2.66. The number of hydrogen-bond acceptors (Lipinski definition) is 5. The molecule has 0 saturated carbocycles. The number of aryl methyl sites for hydroxylation is 1. The molecule has 1 aliphatic heterocycles. The maximum atomic E-state index is 11.8. The van der Waals surface area contributed by atoms with Crippen molar-refractivity contribution in [3.8, 4) is 0 Å². The summed E-state index contributed by atoms with van der Waals surface area (Å²) < 4.78 is 1.01. The molecule has 2 rings (SSSR count). The first-order valence-corrected chi connectivity index (χ1v) is 9.36. The minimum atomic E-state index is -0.237. The lowest BCUT2D eigenvalue weighted by molar-refractivity contribution is -0.125. The highest BCUT2D eigenvalue weighted by Crippen LogP contribution is 2.25. The Morgan fingerprint density at radius 3 is 2.86 bits per heavy atom. The second kappa shape index (κ2) is 8.03. The van der Waals surface area contributed by atoms with Crippen LogP contribution in [-0.2, 0) is 9.59 Å². The molecule has 1 heterocycles. The minimum absolute atomic E-state index is 0.112. The number of rotatable bonds is 6. The van der Waals surface area contributed by atoms with Gasteiger partial charge < -0.3 is 5.32 Å². The van der Waals surface area contributed by atoms with Crippen molar-refractivity contribution in [3.05, 3.63) is 28.2 Å². The Morgan fingerprint density at radius 1 is 1.45 bits per heavy atom. The molecular weight excluding hydrogens is 388 g/mol. The first-order chi connectivity index (χ1) is 10.5. The SMILES string of the molecule is Cc1cc(Br)ccc1SCC(=O)NCCN1C(=O)CSC1=O. The largest absolute Gasteiger partial charge is 0.354 e. The molecule has 1 N–H and O–H groups in total. The average molecular weight is 403 g/mol. The molecule has 118 valence electrons. The van der Waals surface area contributed by atoms with Crippen LogP contribution >= 0.6 is 39.5 Å². The zero-order valence-electron chi connectivity index (χ0n) is 11.9. The molecule has 1 fully saturated rings. The third-order valence-corrected chi connectivity index (χ3v) is 5.52. The van der Waals surface area contributed by atoms with Gasteiger partial charge in [-0.05, 0) is 30.7 Å². The van der Waals surface area contributed by atoms with Gasteiger partial charge in [-0.25, -0.2) is 0 Å². The van der Waals surface area contributed by atoms with Gasteiger partial charge in [-0.15, -0.1) is 11.8 Å². The molecule has 0 radical (unpaired) electrons. The maximum Gasteiger partial charge on any atom is 0.288 e. The molecule has 0 aromatic heterocycles. The van der Waals surface area contributed by atoms with E-state index >= 15 is 0 Å². The van der Waals surface area contributed by atoms with Crippen LogP contribution < -0.4 is 5.32 Å². The second-order valence-corrected chi connectivity index (χ2v) is 7.51. The Morgan fingerprint density at radius 2 is 2.23 bits per heavy atom. The van der Waals surface area contributed by atoms with Crippen molar-refractivity contribution in [3.63, 3.8) is 0 Å². The topological polar surface area (TPSA) is 66.5 Å². The number of nitrogens with zero attached hydrogens (tertiary/aromatic N) is 1. The molecule has 0 aliphatic carbocycles. The van der Waals surface area contributed by atoms with E-state index in [4.69, 9.17) is 0 Å². The molecule has 1 aliphatic rings. The van der Waals surface area contributed by atoms with Crippen LogP contribution in [0, 0.1) is 6.92 Å². The number of halogens is 1. The fourth-order valence-corrected chi connectivity index (χ4v) is 3.94. The molecule has 8 heteroatoms. The van der Waals surface area contributed by atoms with Crippen LogP contribution in [0.2, 0.25) is 0 Å². The number of amides is 3. The van der Waals surface area contributed by atoms with Gasteiger partial charge in [-0.3, -0.25) is 19.3 Å². The summed E-state index contributed by atoms with van der Waals surface area (Å²) in [5, 5.41) is 2.49. The van der Waals surface area contributed by atoms with E-state index in [1.807, 2.05) is 25.1 Å². The van der Waals surface area contributed by atoms with E-state index in [-0.39, 0.29) is 35.9 Å². The number of imide groups is 1. The highest BCUT2D eigenvalue weighted by atomic mass is 79.9. The minimum Gasteiger partial charge on any atom is -0.354 e. The lowest BCUT2D eigenvalue weighted by atomic mass is 10.2. The summed E-state index contributed by atoms with van der Waals surface area (Å²) >= 11 is 5.87. The fourth-order valence-electron chi connectivity index (χ4n) is 1.87. The Labute approximate surface area is 145 Å². The van der Waals surface area contributed by atoms with Crippen molar-refractivity contribution in [2.75, 3.05) is 24.6 Å². The molecule has 0 bridgehead atoms. The summed E-state index contributed by atoms with van der Waals surface area (Å²) in [6.07, 6.45) is 0. The van der Waals surface area contributed by atoms with Crippen molar-refractivity contribution in [1.82, 2.24) is 10.2 Å². The summed E-state index contributed by atoms with van der Waals surface area (Å²) in [7, 11) is 0. The van der Waals surface area contributed by atoms with Crippen LogP contribution in [0.15, 0.2) is 27.6 Å². The van der Waals surface area contributed by atoms with E-state index in [2.05, 4.69) is 21.2 Å². The van der Waals surface area contributed by atoms with Gasteiger partial charge in [0.1, 0.15) is 0 Å². The van der Waals surface area contributed by atoms with Gasteiger partial charge in [0.2, 0.25) is 11.8 Å². The van der Waals surface area contributed by atoms with E-state index in [0.717, 1.165) is 26.7 Å². The van der Waals surface area contributed by atoms with Gasteiger partial charge in [0, 0.05) is 22.5 Å². The molecular formula is C14H15BrN2O3S2. The third kappa shape index (κ3) is 4.76. The van der Waals surface area contributed by atoms with Crippen LogP contribution in [0.5, 0.6) is 0 Å². The fraction of sp³-hybridized carbons (Fsp3) is 0.357. The summed E-state index contributed by atoms with van der Waals surface area (Å²) in [4.78, 5) is 36.8. The summed E-state index contributed by atoms with van der Waals surface area (Å²) in [5.74, 6) is 0.202. The van der Waals surface area contributed by atoms with E-state index < -0.39 is 0 Å². The normalized spacial score (nSPS) is 14.5. The van der Waals surface area contributed by atoms with Gasteiger partial charge in [-0.1, -0.05) is 27.7 Å². The van der Waals surface area contributed by atoms with Gasteiger partial charge in [0.05, 0.1) is 11.5 Å². The number of thioether (sulfide) groups is 2. The monoisotopic (exact) mass is 402 g/mol. The predicted molar refractivity (Wildman–Crippen MR) is 92.2 cm³/mol. The van der Waals surface area contributed by atoms with Crippen molar-refractivity contribution < 1.29 is 14.4 Å². The molecule has 22 heavy (non-hydrogen) atoms. The summed E-state index contributed by atoms with van der Waals surface area (Å²) in [5.41, 5.74) is 1.11. The van der Waals surface area contributed by atoms with Crippen molar-refractivity contribution >= 4 is 56.5 Å². The molecule has 1 aromatic rings. The molecule has 5 nitrogen and oxygen atoms in total. The highest BCUT2D eigenvalue weighted by molar-refractivity contribution is 9.10. The van der Waals surface area contributed by atoms with Gasteiger partial charge in [0.15, 0.2) is 0 Å². The first-order valence-electron chi connectivity index (χ1n) is 6.60. The van der Waals surface area contributed by atoms with Crippen molar-refractivity contribution in [2.45, 2.75) is 11.8 Å². The molecule has 0 unspecified atom stereocenters. The highest BCUT2D eigenvalue weighted by Gasteiger charge is 2.29. The number of hydrogen-bond donors (Lipinski definition) is 1. The first kappa shape index (κ1) is 17.4. The standard InChI is InChI=1S/C14H15BrN2O3S2/c1-9-6-10(15)2-3-11(9)21-7-12(18)16-4-5-17-13(19)8-22-14(17)20/h2-3,6H,4-5,7-8H2,1H3,(H,16,18). The maximum absolute atomic E-state index is 11.8. The number of carbonyl (C=O) groups excluding carboxylic acids is 3. The lowest BCUT2D eigenvalue weighted by Crippen LogP contribution is -2.38. The Balaban J connectivity index is 1.72. The van der Waals surface area contributed by atoms with E-state index in [1.54, 1.807) is 0 Å². The Bertz CT molecular complexity index is 594. The van der Waals surface area contributed by atoms with E-state index in [9.17, 15) is 14.4 Å². The van der Waals surface area contributed by atoms with Crippen LogP contribution in [0.3, 0.4) is 0 Å². The number of benzene rings is 1. The van der Waals surface area contributed by atoms with Crippen LogP contribution in [-0.4, -0.2) is 46.5 Å². The van der Waals surface area contributed by atoms with Crippen LogP contribution in [0.25, 0.3) is 0 Å². The quantitative estimate of drug-likeness (QED) is 0.740. The van der Waals surface area contributed by atoms with E-state index in [1.165, 1.54) is 16.7 Å². The Kier molecular flexibility index (Phi) is 6.34. The zero-order valence-corrected chi connectivity index (χ0v) is 15.1. The molecule has 3 amide bonds. The molecule has 0 atom stereocenters. The van der Waals surface area contributed by atoms with Gasteiger partial charge in [0.25, 0.3) is 5.24 Å². The lowest BCUT2D eigenvalue weighted by Gasteiger charge is -2.13.